The molecule has 3 saturated heterocycles. The minimum atomic E-state index is 0.570. The smallest absolute Gasteiger partial charge is 0.321 e. The van der Waals surface area contributed by atoms with E-state index in [0.29, 0.717) is 28.9 Å². The third-order valence-electron chi connectivity index (χ3n) is 3.69. The Hall–Kier alpha value is -1.59. The molecule has 4 heterocycles. The third-order valence-corrected chi connectivity index (χ3v) is 3.93. The molecule has 5 rings (SSSR count). The number of hydrogen-bond donors (Lipinski definition) is 1. The lowest BCUT2D eigenvalue weighted by Crippen LogP contribution is -2.67. The number of nitrogens with one attached hydrogen (secondary N) is 1. The lowest BCUT2D eigenvalue weighted by molar-refractivity contribution is 0.216. The summed E-state index contributed by atoms with van der Waals surface area (Å²) in [7, 11) is 0. The molecule has 3 aliphatic heterocycles. The number of benzene rings is 1. The van der Waals surface area contributed by atoms with Crippen molar-refractivity contribution in [3.05, 3.63) is 29.3 Å². The van der Waals surface area contributed by atoms with Gasteiger partial charge in [0.25, 0.3) is 0 Å². The van der Waals surface area contributed by atoms with E-state index >= 15 is 0 Å². The molecule has 1 aromatic heterocycles. The zero-order valence-electron chi connectivity index (χ0n) is 10.2. The van der Waals surface area contributed by atoms with Crippen LogP contribution < -0.4 is 10.2 Å². The van der Waals surface area contributed by atoms with Gasteiger partial charge < -0.3 is 14.7 Å². The Morgan fingerprint density at radius 1 is 1.32 bits per heavy atom. The lowest BCUT2D eigenvalue weighted by atomic mass is 9.92. The normalized spacial score (nSPS) is 25.2. The van der Waals surface area contributed by atoms with E-state index in [1.807, 2.05) is 24.3 Å². The van der Waals surface area contributed by atoms with E-state index in [1.165, 1.54) is 6.42 Å². The minimum Gasteiger partial charge on any atom is -0.321 e. The van der Waals surface area contributed by atoms with Crippen LogP contribution in [0.1, 0.15) is 6.42 Å². The van der Waals surface area contributed by atoms with Crippen molar-refractivity contribution in [2.75, 3.05) is 18.0 Å². The number of rotatable bonds is 2. The van der Waals surface area contributed by atoms with E-state index < -0.39 is 0 Å². The van der Waals surface area contributed by atoms with Crippen LogP contribution in [-0.4, -0.2) is 35.3 Å². The highest BCUT2D eigenvalue weighted by Crippen LogP contribution is 2.27. The number of piperazine rings is 1. The maximum atomic E-state index is 5.97. The van der Waals surface area contributed by atoms with Crippen LogP contribution in [0.15, 0.2) is 28.8 Å². The highest BCUT2D eigenvalue weighted by molar-refractivity contribution is 6.30. The van der Waals surface area contributed by atoms with Gasteiger partial charge in [0.05, 0.1) is 0 Å². The molecule has 6 heteroatoms. The first-order valence-electron chi connectivity index (χ1n) is 6.38. The second kappa shape index (κ2) is 4.21. The average molecular weight is 277 g/mol. The van der Waals surface area contributed by atoms with Crippen molar-refractivity contribution in [1.82, 2.24) is 15.5 Å². The van der Waals surface area contributed by atoms with Crippen LogP contribution >= 0.6 is 11.6 Å². The van der Waals surface area contributed by atoms with E-state index in [-0.39, 0.29) is 0 Å². The van der Waals surface area contributed by atoms with Gasteiger partial charge in [-0.05, 0) is 18.6 Å². The fourth-order valence-corrected chi connectivity index (χ4v) is 2.95. The number of nitrogens with zero attached hydrogens (tertiary/aromatic N) is 3. The second-order valence-corrected chi connectivity index (χ2v) is 5.55. The molecule has 2 atom stereocenters. The largest absolute Gasteiger partial charge is 0.324 e. The number of halogens is 1. The molecular weight excluding hydrogens is 264 g/mol. The maximum absolute atomic E-state index is 5.97. The van der Waals surface area contributed by atoms with E-state index in [4.69, 9.17) is 16.1 Å². The summed E-state index contributed by atoms with van der Waals surface area (Å²) >= 11 is 5.97. The number of aromatic nitrogens is 2. The number of anilines is 1. The van der Waals surface area contributed by atoms with Crippen molar-refractivity contribution in [1.29, 1.82) is 0 Å². The number of piperidine rings is 1. The summed E-state index contributed by atoms with van der Waals surface area (Å²) in [6.45, 7) is 1.88. The molecular formula is C13H13ClN4O. The summed E-state index contributed by atoms with van der Waals surface area (Å²) in [5, 5.41) is 8.19. The van der Waals surface area contributed by atoms with Gasteiger partial charge in [-0.25, -0.2) is 0 Å². The monoisotopic (exact) mass is 276 g/mol. The fourth-order valence-electron chi connectivity index (χ4n) is 2.76. The molecule has 0 radical (unpaired) electrons. The number of hydrogen-bond acceptors (Lipinski definition) is 5. The van der Waals surface area contributed by atoms with Gasteiger partial charge in [0.1, 0.15) is 0 Å². The molecule has 5 nitrogen and oxygen atoms in total. The van der Waals surface area contributed by atoms with Crippen molar-refractivity contribution in [3.63, 3.8) is 0 Å². The Morgan fingerprint density at radius 3 is 2.84 bits per heavy atom. The average Bonchev–Trinajstić information content (AvgIpc) is 2.88. The molecule has 19 heavy (non-hydrogen) atoms. The first kappa shape index (κ1) is 11.3. The van der Waals surface area contributed by atoms with Crippen LogP contribution in [-0.2, 0) is 0 Å². The van der Waals surface area contributed by atoms with E-state index in [9.17, 15) is 0 Å². The van der Waals surface area contributed by atoms with Crippen LogP contribution in [0.4, 0.5) is 6.01 Å². The molecule has 3 aliphatic rings. The summed E-state index contributed by atoms with van der Waals surface area (Å²) in [6, 6.07) is 9.22. The van der Waals surface area contributed by atoms with Gasteiger partial charge in [-0.3, -0.25) is 0 Å². The zero-order valence-corrected chi connectivity index (χ0v) is 11.0. The van der Waals surface area contributed by atoms with Crippen LogP contribution in [0, 0.1) is 0 Å². The molecule has 0 aliphatic carbocycles. The van der Waals surface area contributed by atoms with Crippen molar-refractivity contribution in [3.8, 4) is 11.4 Å². The molecule has 2 aromatic rings. The summed E-state index contributed by atoms with van der Waals surface area (Å²) in [4.78, 5) is 6.61. The Morgan fingerprint density at radius 2 is 2.11 bits per heavy atom. The maximum Gasteiger partial charge on any atom is 0.324 e. The fraction of sp³-hybridized carbons (Fsp3) is 0.385. The molecule has 2 bridgehead atoms. The predicted octanol–water partition coefficient (Wildman–Crippen LogP) is 1.94. The lowest BCUT2D eigenvalue weighted by Gasteiger charge is -2.47. The van der Waals surface area contributed by atoms with Crippen molar-refractivity contribution >= 4 is 17.6 Å². The Bertz CT molecular complexity index is 598. The van der Waals surface area contributed by atoms with Gasteiger partial charge in [0.2, 0.25) is 5.82 Å². The summed E-state index contributed by atoms with van der Waals surface area (Å²) in [5.74, 6) is 0.588. The van der Waals surface area contributed by atoms with Crippen LogP contribution in [0.2, 0.25) is 5.02 Å². The molecule has 98 valence electrons. The van der Waals surface area contributed by atoms with E-state index in [2.05, 4.69) is 20.4 Å². The van der Waals surface area contributed by atoms with Crippen LogP contribution in [0.5, 0.6) is 0 Å². The van der Waals surface area contributed by atoms with Crippen molar-refractivity contribution in [2.24, 2.45) is 0 Å². The number of fused-ring (bicyclic) bond motifs is 2. The molecule has 1 N–H and O–H groups in total. The van der Waals surface area contributed by atoms with Gasteiger partial charge in [0.15, 0.2) is 0 Å². The van der Waals surface area contributed by atoms with Crippen LogP contribution in [0.25, 0.3) is 11.4 Å². The standard InChI is InChI=1S/C13H13ClN4O/c14-9-3-1-2-8(4-9)12-16-13(19-17-12)18-6-10-5-11(7-18)15-10/h1-4,10-11,15H,5-7H2. The Labute approximate surface area is 115 Å². The highest BCUT2D eigenvalue weighted by Gasteiger charge is 2.38. The van der Waals surface area contributed by atoms with Gasteiger partial charge in [-0.2, -0.15) is 4.98 Å². The first-order chi connectivity index (χ1) is 9.28. The Balaban J connectivity index is 1.59. The van der Waals surface area contributed by atoms with Gasteiger partial charge in [-0.15, -0.1) is 0 Å². The SMILES string of the molecule is Clc1cccc(-c2noc(N3CC4CC(C3)N4)n2)c1. The van der Waals surface area contributed by atoms with Gasteiger partial charge >= 0.3 is 6.01 Å². The summed E-state index contributed by atoms with van der Waals surface area (Å²) in [5.41, 5.74) is 0.878. The van der Waals surface area contributed by atoms with Crippen LogP contribution in [0.3, 0.4) is 0 Å². The molecule has 0 amide bonds. The first-order valence-corrected chi connectivity index (χ1v) is 6.76. The van der Waals surface area contributed by atoms with Gasteiger partial charge in [-0.1, -0.05) is 28.9 Å². The Kier molecular flexibility index (Phi) is 2.50. The third kappa shape index (κ3) is 1.99. The highest BCUT2D eigenvalue weighted by atomic mass is 35.5. The van der Waals surface area contributed by atoms with Crippen molar-refractivity contribution in [2.45, 2.75) is 18.5 Å². The summed E-state index contributed by atoms with van der Waals surface area (Å²) in [6.07, 6.45) is 1.26. The molecule has 1 aromatic carbocycles. The summed E-state index contributed by atoms with van der Waals surface area (Å²) < 4.78 is 5.36. The molecule has 0 saturated carbocycles. The zero-order chi connectivity index (χ0) is 12.8. The van der Waals surface area contributed by atoms with Crippen molar-refractivity contribution < 1.29 is 4.52 Å². The second-order valence-electron chi connectivity index (χ2n) is 5.11. The van der Waals surface area contributed by atoms with Gasteiger partial charge in [0, 0.05) is 35.8 Å². The topological polar surface area (TPSA) is 54.2 Å². The predicted molar refractivity (Wildman–Crippen MR) is 72.3 cm³/mol. The molecule has 2 unspecified atom stereocenters. The molecule has 0 spiro atoms. The quantitative estimate of drug-likeness (QED) is 0.908. The van der Waals surface area contributed by atoms with E-state index in [0.717, 1.165) is 18.7 Å². The minimum absolute atomic E-state index is 0.570. The molecule has 3 fully saturated rings. The van der Waals surface area contributed by atoms with E-state index in [1.54, 1.807) is 0 Å².